The lowest BCUT2D eigenvalue weighted by molar-refractivity contribution is 0.476. The Balaban J connectivity index is 1.46. The van der Waals surface area contributed by atoms with E-state index in [1.54, 1.807) is 0 Å². The Bertz CT molecular complexity index is 3080. The first-order valence-corrected chi connectivity index (χ1v) is 20.0. The van der Waals surface area contributed by atoms with E-state index in [4.69, 9.17) is 4.98 Å². The highest BCUT2D eigenvalue weighted by Crippen LogP contribution is 2.47. The fourth-order valence-electron chi connectivity index (χ4n) is 9.47. The molecule has 3 nitrogen and oxygen atoms in total. The van der Waals surface area contributed by atoms with Gasteiger partial charge in [-0.3, -0.25) is 4.57 Å². The number of phenols is 1. The van der Waals surface area contributed by atoms with Crippen LogP contribution in [-0.4, -0.2) is 77.4 Å². The van der Waals surface area contributed by atoms with E-state index in [0.29, 0.717) is 5.75 Å². The Kier molecular flexibility index (Phi) is 8.96. The zero-order chi connectivity index (χ0) is 39.9. The highest BCUT2D eigenvalue weighted by molar-refractivity contribution is 6.68. The second-order valence-corrected chi connectivity index (χ2v) is 15.9. The van der Waals surface area contributed by atoms with Gasteiger partial charge < -0.3 is 5.11 Å². The third-order valence-electron chi connectivity index (χ3n) is 13.2. The average Bonchev–Trinajstić information content (AvgIpc) is 3.63. The molecule has 0 aliphatic carbocycles. The number of hydrogen-bond donors (Lipinski definition) is 1. The lowest BCUT2D eigenvalue weighted by Gasteiger charge is -2.25. The molecule has 9 aromatic rings. The molecular formula is C46H40B8N2O. The molecule has 57 heavy (non-hydrogen) atoms. The first-order valence-electron chi connectivity index (χ1n) is 20.0. The van der Waals surface area contributed by atoms with Crippen LogP contribution in [0.3, 0.4) is 0 Å². The number of rotatable bonds is 5. The number of nitrogens with zero attached hydrogens (tertiary/aromatic N) is 2. The fraction of sp³-hybridized carbons (Fsp3) is 0.0217. The van der Waals surface area contributed by atoms with Crippen molar-refractivity contribution in [1.82, 2.24) is 9.55 Å². The van der Waals surface area contributed by atoms with Gasteiger partial charge in [0, 0.05) is 11.3 Å². The molecule has 0 unspecified atom stereocenters. The van der Waals surface area contributed by atoms with Crippen LogP contribution in [0.1, 0.15) is 5.56 Å². The minimum atomic E-state index is 0.368. The standard InChI is InChI=1S/C46H40B8N2O/c1-22-37(47)40(50)36(41(51)45(22)57)35-26-14-6-5-13-25(26)34(28-20-19-23(21-30(28)35)33-38(48)42(52)44(54)43(53)39(33)49)27-15-7-8-16-29(27)46-55-31-17-9-10-18-32(31)56(46)24-11-3-2-4-12-24/h2-21,57H,47-54H2,1H3. The van der Waals surface area contributed by atoms with Gasteiger partial charge in [-0.25, -0.2) is 4.98 Å². The van der Waals surface area contributed by atoms with Crippen LogP contribution >= 0.6 is 0 Å². The number of aromatic hydroxyl groups is 1. The summed E-state index contributed by atoms with van der Waals surface area (Å²) in [5, 5.41) is 16.3. The van der Waals surface area contributed by atoms with Crippen LogP contribution in [0.15, 0.2) is 121 Å². The van der Waals surface area contributed by atoms with Crippen molar-refractivity contribution in [2.45, 2.75) is 6.92 Å². The summed E-state index contributed by atoms with van der Waals surface area (Å²) in [5.74, 6) is 1.27. The van der Waals surface area contributed by atoms with Gasteiger partial charge in [-0.05, 0) is 103 Å². The van der Waals surface area contributed by atoms with E-state index in [2.05, 4.69) is 189 Å². The van der Waals surface area contributed by atoms with Crippen molar-refractivity contribution in [3.8, 4) is 56.2 Å². The maximum atomic E-state index is 11.7. The second kappa shape index (κ2) is 13.9. The molecule has 0 saturated heterocycles. The van der Waals surface area contributed by atoms with Crippen LogP contribution in [0.2, 0.25) is 0 Å². The summed E-state index contributed by atoms with van der Waals surface area (Å²) in [6, 6.07) is 43.7. The predicted molar refractivity (Wildman–Crippen MR) is 270 cm³/mol. The van der Waals surface area contributed by atoms with Crippen molar-refractivity contribution in [2.75, 3.05) is 0 Å². The first kappa shape index (κ1) is 36.7. The lowest BCUT2D eigenvalue weighted by atomic mass is 9.59. The molecule has 0 aliphatic heterocycles. The lowest BCUT2D eigenvalue weighted by Crippen LogP contribution is -2.55. The van der Waals surface area contributed by atoms with Gasteiger partial charge in [-0.15, -0.1) is 16.4 Å². The molecule has 0 saturated carbocycles. The molecule has 0 amide bonds. The van der Waals surface area contributed by atoms with Crippen LogP contribution in [-0.2, 0) is 0 Å². The highest BCUT2D eigenvalue weighted by Gasteiger charge is 2.25. The maximum Gasteiger partial charge on any atom is 0.146 e. The number of imidazole rings is 1. The summed E-state index contributed by atoms with van der Waals surface area (Å²) in [6.45, 7) is 2.03. The monoisotopic (exact) mass is 724 g/mol. The van der Waals surface area contributed by atoms with E-state index in [-0.39, 0.29) is 0 Å². The van der Waals surface area contributed by atoms with E-state index < -0.39 is 0 Å². The molecular weight excluding hydrogens is 683 g/mol. The molecule has 8 aromatic carbocycles. The Hall–Kier alpha value is -5.93. The molecule has 11 heteroatoms. The number of benzene rings is 8. The summed E-state index contributed by atoms with van der Waals surface area (Å²) >= 11 is 0. The van der Waals surface area contributed by atoms with Crippen molar-refractivity contribution in [2.24, 2.45) is 0 Å². The largest absolute Gasteiger partial charge is 0.508 e. The Morgan fingerprint density at radius 1 is 0.456 bits per heavy atom. The van der Waals surface area contributed by atoms with E-state index in [1.165, 1.54) is 49.5 Å². The molecule has 9 rings (SSSR count). The van der Waals surface area contributed by atoms with E-state index in [1.807, 2.05) is 6.92 Å². The number of fused-ring (bicyclic) bond motifs is 3. The van der Waals surface area contributed by atoms with Crippen molar-refractivity contribution in [3.63, 3.8) is 0 Å². The van der Waals surface area contributed by atoms with Gasteiger partial charge >= 0.3 is 0 Å². The molecule has 0 radical (unpaired) electrons. The van der Waals surface area contributed by atoms with Gasteiger partial charge in [-0.2, -0.15) is 0 Å². The maximum absolute atomic E-state index is 11.7. The first-order chi connectivity index (χ1) is 27.5. The van der Waals surface area contributed by atoms with Gasteiger partial charge in [0.15, 0.2) is 0 Å². The molecule has 0 bridgehead atoms. The summed E-state index contributed by atoms with van der Waals surface area (Å²) in [5.41, 5.74) is 22.0. The van der Waals surface area contributed by atoms with Crippen molar-refractivity contribution in [1.29, 1.82) is 0 Å². The Morgan fingerprint density at radius 3 is 1.70 bits per heavy atom. The summed E-state index contributed by atoms with van der Waals surface area (Å²) in [6.07, 6.45) is 0. The van der Waals surface area contributed by atoms with Gasteiger partial charge in [0.1, 0.15) is 74.3 Å². The molecule has 1 heterocycles. The summed E-state index contributed by atoms with van der Waals surface area (Å²) in [4.78, 5) is 5.35. The van der Waals surface area contributed by atoms with Crippen LogP contribution < -0.4 is 43.7 Å². The van der Waals surface area contributed by atoms with E-state index >= 15 is 0 Å². The SMILES string of the molecule is Bc1c(B)c(B)c(-c2ccc3c(-c4ccccc4-c4nc5ccccc5n4-c4ccccc4)c4ccccc4c(-c4c(B)c(B)c(C)c(O)c4B)c3c2)c(B)c1B. The van der Waals surface area contributed by atoms with E-state index in [0.717, 1.165) is 82.8 Å². The van der Waals surface area contributed by atoms with Crippen molar-refractivity contribution >= 4 is 139 Å². The highest BCUT2D eigenvalue weighted by atomic mass is 16.3. The fourth-order valence-corrected chi connectivity index (χ4v) is 9.47. The zero-order valence-corrected chi connectivity index (χ0v) is 34.4. The third-order valence-corrected chi connectivity index (χ3v) is 13.2. The van der Waals surface area contributed by atoms with Gasteiger partial charge in [0.2, 0.25) is 0 Å². The van der Waals surface area contributed by atoms with Crippen LogP contribution in [0.25, 0.3) is 83.0 Å². The van der Waals surface area contributed by atoms with E-state index in [9.17, 15) is 5.11 Å². The van der Waals surface area contributed by atoms with Gasteiger partial charge in [0.05, 0.1) is 11.0 Å². The molecule has 0 atom stereocenters. The summed E-state index contributed by atoms with van der Waals surface area (Å²) in [7, 11) is 17.7. The van der Waals surface area contributed by atoms with Crippen LogP contribution in [0.5, 0.6) is 5.75 Å². The molecule has 0 fully saturated rings. The third kappa shape index (κ3) is 5.57. The molecule has 264 valence electrons. The van der Waals surface area contributed by atoms with Crippen molar-refractivity contribution in [3.05, 3.63) is 127 Å². The molecule has 0 spiro atoms. The molecule has 1 aromatic heterocycles. The smallest absolute Gasteiger partial charge is 0.146 e. The second-order valence-electron chi connectivity index (χ2n) is 15.9. The van der Waals surface area contributed by atoms with Crippen LogP contribution in [0, 0.1) is 6.92 Å². The molecule has 1 N–H and O–H groups in total. The number of para-hydroxylation sites is 3. The topological polar surface area (TPSA) is 38.0 Å². The quantitative estimate of drug-likeness (QED) is 0.167. The Morgan fingerprint density at radius 2 is 1.00 bits per heavy atom. The zero-order valence-electron chi connectivity index (χ0n) is 34.4. The normalized spacial score (nSPS) is 11.5. The molecule has 0 aliphatic rings. The Labute approximate surface area is 342 Å². The van der Waals surface area contributed by atoms with Gasteiger partial charge in [-0.1, -0.05) is 113 Å². The van der Waals surface area contributed by atoms with Crippen molar-refractivity contribution < 1.29 is 5.11 Å². The predicted octanol–water partition coefficient (Wildman–Crippen LogP) is -1.92. The van der Waals surface area contributed by atoms with Crippen LogP contribution in [0.4, 0.5) is 0 Å². The minimum absolute atomic E-state index is 0.368. The number of aromatic nitrogens is 2. The van der Waals surface area contributed by atoms with Gasteiger partial charge in [0.25, 0.3) is 0 Å². The average molecular weight is 723 g/mol. The summed E-state index contributed by atoms with van der Waals surface area (Å²) < 4.78 is 2.29. The minimum Gasteiger partial charge on any atom is -0.508 e. The number of hydrogen-bond acceptors (Lipinski definition) is 2. The number of phenolic OH excluding ortho intramolecular Hbond substituents is 1.